The lowest BCUT2D eigenvalue weighted by Gasteiger charge is -2.43. The highest BCUT2D eigenvalue weighted by Gasteiger charge is 2.51. The first kappa shape index (κ1) is 20.8. The maximum atomic E-state index is 11.8. The van der Waals surface area contributed by atoms with Crippen molar-refractivity contribution in [1.29, 1.82) is 0 Å². The van der Waals surface area contributed by atoms with E-state index >= 15 is 0 Å². The van der Waals surface area contributed by atoms with Crippen molar-refractivity contribution in [2.75, 3.05) is 6.61 Å². The molecule has 0 heterocycles. The minimum Gasteiger partial charge on any atom is -0.457 e. The van der Waals surface area contributed by atoms with Gasteiger partial charge >= 0.3 is 5.97 Å². The lowest BCUT2D eigenvalue weighted by Crippen LogP contribution is -2.65. The van der Waals surface area contributed by atoms with Crippen molar-refractivity contribution in [3.63, 3.8) is 0 Å². The van der Waals surface area contributed by atoms with E-state index in [1.165, 1.54) is 0 Å². The molecular formula is C19H28O7. The van der Waals surface area contributed by atoms with E-state index < -0.39 is 42.6 Å². The van der Waals surface area contributed by atoms with Gasteiger partial charge in [-0.05, 0) is 24.8 Å². The molecule has 0 saturated heterocycles. The van der Waals surface area contributed by atoms with E-state index in [1.54, 1.807) is 0 Å². The Hall–Kier alpha value is -1.51. The van der Waals surface area contributed by atoms with Gasteiger partial charge < -0.3 is 29.9 Å². The van der Waals surface area contributed by atoms with Crippen LogP contribution in [-0.4, -0.2) is 69.6 Å². The van der Waals surface area contributed by atoms with E-state index in [2.05, 4.69) is 0 Å². The van der Waals surface area contributed by atoms with Crippen LogP contribution in [0, 0.1) is 0 Å². The van der Waals surface area contributed by atoms with Crippen molar-refractivity contribution in [3.05, 3.63) is 35.9 Å². The topological polar surface area (TPSA) is 116 Å². The third-order valence-corrected chi connectivity index (χ3v) is 4.53. The zero-order valence-corrected chi connectivity index (χ0v) is 14.9. The average molecular weight is 368 g/mol. The molecule has 0 aliphatic heterocycles. The van der Waals surface area contributed by atoms with Gasteiger partial charge in [-0.3, -0.25) is 4.79 Å². The molecule has 146 valence electrons. The molecule has 1 aromatic carbocycles. The first-order chi connectivity index (χ1) is 12.5. The SMILES string of the molecule is CCCC(=O)O[C@H]1[C@@H](O)[C@H](O)[C@@H](O)[C@H](O)[C@H]1OCCCc1ccccc1. The largest absolute Gasteiger partial charge is 0.457 e. The van der Waals surface area contributed by atoms with Crippen LogP contribution in [0.2, 0.25) is 0 Å². The summed E-state index contributed by atoms with van der Waals surface area (Å²) in [4.78, 5) is 11.8. The smallest absolute Gasteiger partial charge is 0.306 e. The Balaban J connectivity index is 1.96. The highest BCUT2D eigenvalue weighted by atomic mass is 16.6. The Bertz CT molecular complexity index is 550. The van der Waals surface area contributed by atoms with Crippen molar-refractivity contribution in [1.82, 2.24) is 0 Å². The van der Waals surface area contributed by atoms with Crippen LogP contribution < -0.4 is 0 Å². The number of rotatable bonds is 8. The van der Waals surface area contributed by atoms with Crippen molar-refractivity contribution in [2.45, 2.75) is 69.2 Å². The average Bonchev–Trinajstić information content (AvgIpc) is 2.64. The first-order valence-corrected chi connectivity index (χ1v) is 9.03. The molecule has 7 heteroatoms. The van der Waals surface area contributed by atoms with Crippen LogP contribution in [0.4, 0.5) is 0 Å². The zero-order valence-electron chi connectivity index (χ0n) is 14.9. The van der Waals surface area contributed by atoms with Crippen LogP contribution in [0.3, 0.4) is 0 Å². The van der Waals surface area contributed by atoms with Gasteiger partial charge in [0.05, 0.1) is 0 Å². The number of carbonyl (C=O) groups excluding carboxylic acids is 1. The Morgan fingerprint density at radius 2 is 1.58 bits per heavy atom. The van der Waals surface area contributed by atoms with Gasteiger partial charge in [-0.2, -0.15) is 0 Å². The van der Waals surface area contributed by atoms with Gasteiger partial charge in [-0.15, -0.1) is 0 Å². The summed E-state index contributed by atoms with van der Waals surface area (Å²) in [5.41, 5.74) is 1.14. The van der Waals surface area contributed by atoms with Crippen LogP contribution in [0.25, 0.3) is 0 Å². The fourth-order valence-corrected chi connectivity index (χ4v) is 3.07. The van der Waals surface area contributed by atoms with E-state index in [4.69, 9.17) is 9.47 Å². The second-order valence-corrected chi connectivity index (χ2v) is 6.59. The van der Waals surface area contributed by atoms with E-state index in [-0.39, 0.29) is 13.0 Å². The lowest BCUT2D eigenvalue weighted by molar-refractivity contribution is -0.243. The molecule has 1 aliphatic carbocycles. The number of carbonyl (C=O) groups is 1. The highest BCUT2D eigenvalue weighted by Crippen LogP contribution is 2.27. The molecule has 1 saturated carbocycles. The van der Waals surface area contributed by atoms with Gasteiger partial charge in [0.1, 0.15) is 30.5 Å². The maximum absolute atomic E-state index is 11.8. The van der Waals surface area contributed by atoms with Crippen LogP contribution in [0.5, 0.6) is 0 Å². The molecule has 0 amide bonds. The monoisotopic (exact) mass is 368 g/mol. The lowest BCUT2D eigenvalue weighted by atomic mass is 9.84. The quantitative estimate of drug-likeness (QED) is 0.382. The van der Waals surface area contributed by atoms with Gasteiger partial charge in [0.25, 0.3) is 0 Å². The molecule has 0 bridgehead atoms. The third-order valence-electron chi connectivity index (χ3n) is 4.53. The molecule has 0 aromatic heterocycles. The van der Waals surface area contributed by atoms with Gasteiger partial charge in [-0.1, -0.05) is 37.3 Å². The summed E-state index contributed by atoms with van der Waals surface area (Å²) in [6, 6.07) is 9.81. The van der Waals surface area contributed by atoms with E-state index in [0.29, 0.717) is 12.8 Å². The second kappa shape index (κ2) is 9.99. The van der Waals surface area contributed by atoms with E-state index in [9.17, 15) is 25.2 Å². The molecule has 6 atom stereocenters. The van der Waals surface area contributed by atoms with Crippen molar-refractivity contribution < 1.29 is 34.7 Å². The summed E-state index contributed by atoms with van der Waals surface area (Å²) in [6.07, 6.45) is -6.41. The first-order valence-electron chi connectivity index (χ1n) is 9.03. The summed E-state index contributed by atoms with van der Waals surface area (Å²) < 4.78 is 10.9. The normalized spacial score (nSPS) is 31.6. The van der Waals surface area contributed by atoms with Gasteiger partial charge in [-0.25, -0.2) is 0 Å². The molecule has 1 aromatic rings. The predicted molar refractivity (Wildman–Crippen MR) is 93.3 cm³/mol. The van der Waals surface area contributed by atoms with Crippen molar-refractivity contribution >= 4 is 5.97 Å². The van der Waals surface area contributed by atoms with Gasteiger partial charge in [0.15, 0.2) is 6.10 Å². The summed E-state index contributed by atoms with van der Waals surface area (Å²) in [5.74, 6) is -0.551. The molecule has 7 nitrogen and oxygen atoms in total. The number of aryl methyl sites for hydroxylation is 1. The standard InChI is InChI=1S/C19H28O7/c1-2-7-13(20)26-19-17(24)15(22)14(21)16(23)18(19)25-11-6-10-12-8-4-3-5-9-12/h3-5,8-9,14-19,21-24H,2,6-7,10-11H2,1H3/t14-,15-,16+,17+,18-,19+/m1/s1. The summed E-state index contributed by atoms with van der Waals surface area (Å²) in [5, 5.41) is 40.1. The molecule has 1 fully saturated rings. The number of hydrogen-bond acceptors (Lipinski definition) is 7. The Labute approximate surface area is 153 Å². The van der Waals surface area contributed by atoms with Gasteiger partial charge in [0.2, 0.25) is 0 Å². The highest BCUT2D eigenvalue weighted by molar-refractivity contribution is 5.69. The molecule has 2 rings (SSSR count). The van der Waals surface area contributed by atoms with Crippen molar-refractivity contribution in [2.24, 2.45) is 0 Å². The van der Waals surface area contributed by atoms with Crippen LogP contribution >= 0.6 is 0 Å². The molecule has 0 spiro atoms. The van der Waals surface area contributed by atoms with Gasteiger partial charge in [0, 0.05) is 13.0 Å². The molecule has 1 aliphatic rings. The van der Waals surface area contributed by atoms with E-state index in [0.717, 1.165) is 12.0 Å². The molecule has 26 heavy (non-hydrogen) atoms. The van der Waals surface area contributed by atoms with Crippen LogP contribution in [0.1, 0.15) is 31.7 Å². The molecule has 0 radical (unpaired) electrons. The number of aliphatic hydroxyl groups is 4. The summed E-state index contributed by atoms with van der Waals surface area (Å²) >= 11 is 0. The molecule has 4 N–H and O–H groups in total. The Morgan fingerprint density at radius 1 is 0.962 bits per heavy atom. The fourth-order valence-electron chi connectivity index (χ4n) is 3.07. The van der Waals surface area contributed by atoms with E-state index in [1.807, 2.05) is 37.3 Å². The maximum Gasteiger partial charge on any atom is 0.306 e. The predicted octanol–water partition coefficient (Wildman–Crippen LogP) is 0.173. The summed E-state index contributed by atoms with van der Waals surface area (Å²) in [7, 11) is 0. The van der Waals surface area contributed by atoms with Crippen molar-refractivity contribution in [3.8, 4) is 0 Å². The fraction of sp³-hybridized carbons (Fsp3) is 0.632. The minimum atomic E-state index is -1.62. The van der Waals surface area contributed by atoms with Crippen LogP contribution in [0.15, 0.2) is 30.3 Å². The Kier molecular flexibility index (Phi) is 7.99. The second-order valence-electron chi connectivity index (χ2n) is 6.59. The third kappa shape index (κ3) is 5.25. The number of hydrogen-bond donors (Lipinski definition) is 4. The molecular weight excluding hydrogens is 340 g/mol. The minimum absolute atomic E-state index is 0.151. The zero-order chi connectivity index (χ0) is 19.1. The Morgan fingerprint density at radius 3 is 2.19 bits per heavy atom. The number of esters is 1. The molecule has 0 unspecified atom stereocenters. The number of ether oxygens (including phenoxy) is 2. The number of aliphatic hydroxyl groups excluding tert-OH is 4. The van der Waals surface area contributed by atoms with Crippen LogP contribution in [-0.2, 0) is 20.7 Å². The number of benzene rings is 1. The summed E-state index contributed by atoms with van der Waals surface area (Å²) in [6.45, 7) is 2.05.